The van der Waals surface area contributed by atoms with Gasteiger partial charge in [-0.05, 0) is 5.92 Å². The van der Waals surface area contributed by atoms with Crippen LogP contribution in [0.15, 0.2) is 0 Å². The molecule has 0 fully saturated rings. The Morgan fingerprint density at radius 2 is 2.23 bits per heavy atom. The van der Waals surface area contributed by atoms with E-state index in [4.69, 9.17) is 10.5 Å². The lowest BCUT2D eigenvalue weighted by molar-refractivity contribution is 0.0902. The summed E-state index contributed by atoms with van der Waals surface area (Å²) in [7, 11) is 1.80. The summed E-state index contributed by atoms with van der Waals surface area (Å²) in [6, 6.07) is 0. The fourth-order valence-electron chi connectivity index (χ4n) is 0.950. The number of ether oxygens (including phenoxy) is 1. The highest BCUT2D eigenvalue weighted by Crippen LogP contribution is 2.01. The van der Waals surface area contributed by atoms with Crippen molar-refractivity contribution in [3.05, 3.63) is 5.82 Å². The summed E-state index contributed by atoms with van der Waals surface area (Å²) in [5.74, 6) is 1.59. The highest BCUT2D eigenvalue weighted by molar-refractivity contribution is 5.13. The smallest absolute Gasteiger partial charge is 0.239 e. The summed E-state index contributed by atoms with van der Waals surface area (Å²) >= 11 is 0. The van der Waals surface area contributed by atoms with E-state index in [9.17, 15) is 0 Å². The Labute approximate surface area is 77.9 Å². The number of nitrogen functional groups attached to an aromatic ring is 1. The summed E-state index contributed by atoms with van der Waals surface area (Å²) in [4.78, 5) is 4.01. The molecule has 5 nitrogen and oxygen atoms in total. The maximum atomic E-state index is 5.41. The van der Waals surface area contributed by atoms with Gasteiger partial charge in [0.2, 0.25) is 5.95 Å². The quantitative estimate of drug-likeness (QED) is 0.743. The second kappa shape index (κ2) is 4.23. The molecule has 0 spiro atoms. The first-order chi connectivity index (χ1) is 6.09. The van der Waals surface area contributed by atoms with Crippen LogP contribution < -0.4 is 5.73 Å². The van der Waals surface area contributed by atoms with Gasteiger partial charge in [0, 0.05) is 13.7 Å². The van der Waals surface area contributed by atoms with Gasteiger partial charge in [-0.2, -0.15) is 4.98 Å². The van der Waals surface area contributed by atoms with Crippen molar-refractivity contribution in [2.45, 2.75) is 20.5 Å². The van der Waals surface area contributed by atoms with E-state index in [0.717, 1.165) is 12.4 Å². The minimum Gasteiger partial charge on any atom is -0.373 e. The first-order valence-corrected chi connectivity index (χ1v) is 4.32. The molecular weight excluding hydrogens is 168 g/mol. The van der Waals surface area contributed by atoms with Crippen LogP contribution in [0, 0.1) is 5.92 Å². The third kappa shape index (κ3) is 3.02. The van der Waals surface area contributed by atoms with Crippen LogP contribution in [0.2, 0.25) is 0 Å². The maximum absolute atomic E-state index is 5.41. The van der Waals surface area contributed by atoms with Crippen molar-refractivity contribution < 1.29 is 4.74 Å². The Kier molecular flexibility index (Phi) is 3.25. The fourth-order valence-corrected chi connectivity index (χ4v) is 0.950. The molecule has 0 amide bonds. The Balaban J connectivity index is 2.40. The predicted octanol–water partition coefficient (Wildman–Crippen LogP) is 0.570. The van der Waals surface area contributed by atoms with E-state index in [1.165, 1.54) is 0 Å². The number of rotatable bonds is 4. The van der Waals surface area contributed by atoms with Gasteiger partial charge in [0.05, 0.1) is 0 Å². The zero-order valence-electron chi connectivity index (χ0n) is 8.32. The van der Waals surface area contributed by atoms with Crippen LogP contribution in [0.1, 0.15) is 19.7 Å². The maximum Gasteiger partial charge on any atom is 0.239 e. The first kappa shape index (κ1) is 9.98. The molecule has 74 valence electrons. The first-order valence-electron chi connectivity index (χ1n) is 4.32. The Morgan fingerprint density at radius 1 is 1.54 bits per heavy atom. The normalized spacial score (nSPS) is 11.1. The van der Waals surface area contributed by atoms with Crippen LogP contribution >= 0.6 is 0 Å². The fraction of sp³-hybridized carbons (Fsp3) is 0.750. The molecule has 1 aromatic rings. The molecular formula is C8H16N4O. The van der Waals surface area contributed by atoms with Gasteiger partial charge >= 0.3 is 0 Å². The zero-order chi connectivity index (χ0) is 9.84. The molecule has 1 heterocycles. The zero-order valence-corrected chi connectivity index (χ0v) is 8.32. The highest BCUT2D eigenvalue weighted by atomic mass is 16.5. The summed E-state index contributed by atoms with van der Waals surface area (Å²) < 4.78 is 7.03. The molecule has 0 aliphatic heterocycles. The van der Waals surface area contributed by atoms with Crippen LogP contribution in [0.4, 0.5) is 5.95 Å². The molecule has 0 saturated carbocycles. The van der Waals surface area contributed by atoms with Gasteiger partial charge in [0.25, 0.3) is 0 Å². The van der Waals surface area contributed by atoms with Crippen molar-refractivity contribution in [1.82, 2.24) is 14.8 Å². The number of hydrogen-bond acceptors (Lipinski definition) is 4. The number of hydrogen-bond donors (Lipinski definition) is 1. The number of nitrogens with two attached hydrogens (primary N) is 1. The largest absolute Gasteiger partial charge is 0.373 e. The summed E-state index contributed by atoms with van der Waals surface area (Å²) in [5, 5.41) is 3.91. The third-order valence-corrected chi connectivity index (χ3v) is 1.55. The summed E-state index contributed by atoms with van der Waals surface area (Å²) in [6.45, 7) is 5.40. The third-order valence-electron chi connectivity index (χ3n) is 1.55. The number of aryl methyl sites for hydroxylation is 1. The molecule has 0 saturated heterocycles. The van der Waals surface area contributed by atoms with Gasteiger partial charge in [-0.1, -0.05) is 13.8 Å². The molecule has 0 aliphatic carbocycles. The van der Waals surface area contributed by atoms with Gasteiger partial charge < -0.3 is 10.5 Å². The predicted molar refractivity (Wildman–Crippen MR) is 49.9 cm³/mol. The molecule has 0 aromatic carbocycles. The number of anilines is 1. The molecule has 0 atom stereocenters. The SMILES string of the molecule is CC(C)COCc1nc(N)nn1C. The Hall–Kier alpha value is -1.10. The van der Waals surface area contributed by atoms with Gasteiger partial charge in [-0.25, -0.2) is 4.68 Å². The van der Waals surface area contributed by atoms with E-state index < -0.39 is 0 Å². The topological polar surface area (TPSA) is 66.0 Å². The Bertz CT molecular complexity index is 269. The van der Waals surface area contributed by atoms with Crippen LogP contribution in [0.5, 0.6) is 0 Å². The van der Waals surface area contributed by atoms with Gasteiger partial charge in [-0.3, -0.25) is 0 Å². The van der Waals surface area contributed by atoms with Crippen molar-refractivity contribution >= 4 is 5.95 Å². The average Bonchev–Trinajstić information content (AvgIpc) is 2.29. The minimum absolute atomic E-state index is 0.297. The van der Waals surface area contributed by atoms with E-state index in [1.54, 1.807) is 11.7 Å². The molecule has 0 radical (unpaired) electrons. The van der Waals surface area contributed by atoms with E-state index in [2.05, 4.69) is 23.9 Å². The van der Waals surface area contributed by atoms with Crippen molar-refractivity contribution in [3.63, 3.8) is 0 Å². The second-order valence-electron chi connectivity index (χ2n) is 3.42. The van der Waals surface area contributed by atoms with E-state index in [0.29, 0.717) is 18.5 Å². The highest BCUT2D eigenvalue weighted by Gasteiger charge is 2.04. The molecule has 0 aliphatic rings. The number of aromatic nitrogens is 3. The molecule has 1 rings (SSSR count). The molecule has 0 unspecified atom stereocenters. The lowest BCUT2D eigenvalue weighted by Gasteiger charge is -2.05. The van der Waals surface area contributed by atoms with Crippen LogP contribution in [-0.2, 0) is 18.4 Å². The van der Waals surface area contributed by atoms with Crippen LogP contribution in [0.25, 0.3) is 0 Å². The van der Waals surface area contributed by atoms with Crippen LogP contribution in [0.3, 0.4) is 0 Å². The van der Waals surface area contributed by atoms with E-state index in [-0.39, 0.29) is 0 Å². The second-order valence-corrected chi connectivity index (χ2v) is 3.42. The van der Waals surface area contributed by atoms with Crippen molar-refractivity contribution in [1.29, 1.82) is 0 Å². The van der Waals surface area contributed by atoms with Gasteiger partial charge in [-0.15, -0.1) is 5.10 Å². The average molecular weight is 184 g/mol. The molecule has 5 heteroatoms. The van der Waals surface area contributed by atoms with E-state index >= 15 is 0 Å². The monoisotopic (exact) mass is 184 g/mol. The minimum atomic E-state index is 0.297. The van der Waals surface area contributed by atoms with Gasteiger partial charge in [0.1, 0.15) is 6.61 Å². The molecule has 13 heavy (non-hydrogen) atoms. The van der Waals surface area contributed by atoms with Crippen LogP contribution in [-0.4, -0.2) is 21.4 Å². The van der Waals surface area contributed by atoms with Crippen molar-refractivity contribution in [2.24, 2.45) is 13.0 Å². The summed E-state index contributed by atoms with van der Waals surface area (Å²) in [6.07, 6.45) is 0. The lowest BCUT2D eigenvalue weighted by Crippen LogP contribution is -2.06. The summed E-state index contributed by atoms with van der Waals surface area (Å²) in [5.41, 5.74) is 5.41. The van der Waals surface area contributed by atoms with Crippen molar-refractivity contribution in [3.8, 4) is 0 Å². The lowest BCUT2D eigenvalue weighted by atomic mass is 10.2. The standard InChI is InChI=1S/C8H16N4O/c1-6(2)4-13-5-7-10-8(9)11-12(7)3/h6H,4-5H2,1-3H3,(H2,9,11). The molecule has 0 bridgehead atoms. The molecule has 1 aromatic heterocycles. The van der Waals surface area contributed by atoms with Gasteiger partial charge in [0.15, 0.2) is 5.82 Å². The Morgan fingerprint density at radius 3 is 2.69 bits per heavy atom. The van der Waals surface area contributed by atoms with Crippen molar-refractivity contribution in [2.75, 3.05) is 12.3 Å². The number of nitrogens with zero attached hydrogens (tertiary/aromatic N) is 3. The van der Waals surface area contributed by atoms with E-state index in [1.807, 2.05) is 0 Å². The molecule has 2 N–H and O–H groups in total.